The quantitative estimate of drug-likeness (QED) is 0.766. The summed E-state index contributed by atoms with van der Waals surface area (Å²) in [5, 5.41) is 3.67. The largest absolute Gasteiger partial charge is 0.311 e. The molecule has 0 radical (unpaired) electrons. The zero-order chi connectivity index (χ0) is 15.1. The van der Waals surface area contributed by atoms with Crippen molar-refractivity contribution in [1.29, 1.82) is 0 Å². The van der Waals surface area contributed by atoms with Gasteiger partial charge in [-0.3, -0.25) is 4.90 Å². The molecule has 1 N–H and O–H groups in total. The van der Waals surface area contributed by atoms with Gasteiger partial charge in [0.05, 0.1) is 0 Å². The Balaban J connectivity index is 1.65. The molecule has 2 rings (SSSR count). The second-order valence-electron chi connectivity index (χ2n) is 7.41. The lowest BCUT2D eigenvalue weighted by Gasteiger charge is -2.29. The molecule has 118 valence electrons. The first-order valence-electron chi connectivity index (χ1n) is 8.57. The Morgan fingerprint density at radius 2 is 1.90 bits per heavy atom. The maximum atomic E-state index is 3.67. The molecule has 0 bridgehead atoms. The van der Waals surface area contributed by atoms with Crippen molar-refractivity contribution < 1.29 is 0 Å². The van der Waals surface area contributed by atoms with Gasteiger partial charge in [0.25, 0.3) is 0 Å². The molecule has 1 fully saturated rings. The van der Waals surface area contributed by atoms with Gasteiger partial charge < -0.3 is 5.32 Å². The first-order valence-corrected chi connectivity index (χ1v) is 8.57. The maximum Gasteiger partial charge on any atom is 0.0221 e. The molecule has 21 heavy (non-hydrogen) atoms. The Hall–Kier alpha value is -0.860. The Morgan fingerprint density at radius 3 is 2.62 bits per heavy atom. The minimum atomic E-state index is 0.238. The van der Waals surface area contributed by atoms with Gasteiger partial charge in [0, 0.05) is 18.1 Å². The molecule has 1 aromatic rings. The molecule has 1 aliphatic rings. The molecule has 0 amide bonds. The predicted octanol–water partition coefficient (Wildman–Crippen LogP) is 3.86. The molecule has 1 atom stereocenters. The summed E-state index contributed by atoms with van der Waals surface area (Å²) >= 11 is 0. The number of hydrogen-bond acceptors (Lipinski definition) is 2. The third-order valence-corrected chi connectivity index (χ3v) is 4.37. The van der Waals surface area contributed by atoms with E-state index in [0.29, 0.717) is 0 Å². The smallest absolute Gasteiger partial charge is 0.0221 e. The second-order valence-corrected chi connectivity index (χ2v) is 7.41. The second kappa shape index (κ2) is 7.95. The van der Waals surface area contributed by atoms with Crippen LogP contribution in [0.15, 0.2) is 30.3 Å². The molecule has 1 unspecified atom stereocenters. The van der Waals surface area contributed by atoms with Gasteiger partial charge in [0.15, 0.2) is 0 Å². The molecule has 1 saturated heterocycles. The van der Waals surface area contributed by atoms with E-state index in [9.17, 15) is 0 Å². The lowest BCUT2D eigenvalue weighted by Crippen LogP contribution is -2.45. The highest BCUT2D eigenvalue weighted by Gasteiger charge is 2.24. The molecule has 2 heteroatoms. The van der Waals surface area contributed by atoms with E-state index < -0.39 is 0 Å². The van der Waals surface area contributed by atoms with Crippen molar-refractivity contribution in [3.8, 4) is 0 Å². The lowest BCUT2D eigenvalue weighted by molar-refractivity contribution is 0.229. The van der Waals surface area contributed by atoms with Crippen LogP contribution in [0.4, 0.5) is 0 Å². The van der Waals surface area contributed by atoms with Crippen molar-refractivity contribution in [2.24, 2.45) is 0 Å². The molecule has 0 saturated carbocycles. The van der Waals surface area contributed by atoms with Gasteiger partial charge in [0.1, 0.15) is 0 Å². The van der Waals surface area contributed by atoms with Crippen LogP contribution in [0.25, 0.3) is 0 Å². The highest BCUT2D eigenvalue weighted by molar-refractivity contribution is 5.14. The summed E-state index contributed by atoms with van der Waals surface area (Å²) in [5.41, 5.74) is 1.71. The van der Waals surface area contributed by atoms with Crippen LogP contribution in [0.2, 0.25) is 0 Å². The number of hydrogen-bond donors (Lipinski definition) is 1. The summed E-state index contributed by atoms with van der Waals surface area (Å²) in [6.45, 7) is 10.5. The van der Waals surface area contributed by atoms with Gasteiger partial charge >= 0.3 is 0 Å². The van der Waals surface area contributed by atoms with Gasteiger partial charge in [-0.15, -0.1) is 0 Å². The molecule has 2 nitrogen and oxygen atoms in total. The molecule has 0 aromatic heterocycles. The summed E-state index contributed by atoms with van der Waals surface area (Å²) in [5.74, 6) is 0. The molecule has 0 aliphatic carbocycles. The summed E-state index contributed by atoms with van der Waals surface area (Å²) in [6.07, 6.45) is 6.58. The topological polar surface area (TPSA) is 15.3 Å². The third-order valence-electron chi connectivity index (χ3n) is 4.37. The Labute approximate surface area is 130 Å². The van der Waals surface area contributed by atoms with Crippen LogP contribution in [-0.4, -0.2) is 36.1 Å². The van der Waals surface area contributed by atoms with E-state index in [-0.39, 0.29) is 5.54 Å². The monoisotopic (exact) mass is 288 g/mol. The zero-order valence-corrected chi connectivity index (χ0v) is 14.1. The SMILES string of the molecule is CC(C)(C)NCC1CCCN1CCCCc1ccccc1. The van der Waals surface area contributed by atoms with Crippen molar-refractivity contribution >= 4 is 0 Å². The van der Waals surface area contributed by atoms with Crippen molar-refractivity contribution in [1.82, 2.24) is 10.2 Å². The Bertz CT molecular complexity index is 394. The number of nitrogens with one attached hydrogen (secondary N) is 1. The maximum absolute atomic E-state index is 3.67. The number of benzene rings is 1. The third kappa shape index (κ3) is 6.19. The molecule has 1 heterocycles. The highest BCUT2D eigenvalue weighted by Crippen LogP contribution is 2.18. The van der Waals surface area contributed by atoms with E-state index in [1.54, 1.807) is 0 Å². The van der Waals surface area contributed by atoms with E-state index in [4.69, 9.17) is 0 Å². The van der Waals surface area contributed by atoms with E-state index in [0.717, 1.165) is 12.6 Å². The predicted molar refractivity (Wildman–Crippen MR) is 91.7 cm³/mol. The van der Waals surface area contributed by atoms with Crippen LogP contribution in [0.1, 0.15) is 52.0 Å². The summed E-state index contributed by atoms with van der Waals surface area (Å²) in [6, 6.07) is 11.6. The van der Waals surface area contributed by atoms with E-state index in [1.807, 2.05) is 0 Å². The van der Waals surface area contributed by atoms with Gasteiger partial charge in [0.2, 0.25) is 0 Å². The number of rotatable bonds is 7. The average molecular weight is 288 g/mol. The fourth-order valence-electron chi connectivity index (χ4n) is 3.13. The Kier molecular flexibility index (Phi) is 6.25. The average Bonchev–Trinajstić information content (AvgIpc) is 2.89. The van der Waals surface area contributed by atoms with Crippen molar-refractivity contribution in [2.45, 2.75) is 64.5 Å². The van der Waals surface area contributed by atoms with Gasteiger partial charge in [-0.25, -0.2) is 0 Å². The van der Waals surface area contributed by atoms with Crippen molar-refractivity contribution in [3.05, 3.63) is 35.9 Å². The number of unbranched alkanes of at least 4 members (excludes halogenated alkanes) is 1. The number of aryl methyl sites for hydroxylation is 1. The van der Waals surface area contributed by atoms with Gasteiger partial charge in [-0.2, -0.15) is 0 Å². The minimum absolute atomic E-state index is 0.238. The normalized spacial score (nSPS) is 20.0. The van der Waals surface area contributed by atoms with Crippen molar-refractivity contribution in [3.63, 3.8) is 0 Å². The van der Waals surface area contributed by atoms with Crippen LogP contribution >= 0.6 is 0 Å². The van der Waals surface area contributed by atoms with Gasteiger partial charge in [-0.1, -0.05) is 30.3 Å². The highest BCUT2D eigenvalue weighted by atomic mass is 15.2. The molecule has 1 aromatic carbocycles. The lowest BCUT2D eigenvalue weighted by atomic mass is 10.1. The van der Waals surface area contributed by atoms with Crippen molar-refractivity contribution in [2.75, 3.05) is 19.6 Å². The number of likely N-dealkylation sites (tertiary alicyclic amines) is 1. The van der Waals surface area contributed by atoms with Crippen LogP contribution in [0.3, 0.4) is 0 Å². The molecular formula is C19H32N2. The summed E-state index contributed by atoms with van der Waals surface area (Å²) in [7, 11) is 0. The first-order chi connectivity index (χ1) is 10.0. The molecular weight excluding hydrogens is 256 g/mol. The first kappa shape index (κ1) is 16.5. The van der Waals surface area contributed by atoms with Crippen LogP contribution in [0, 0.1) is 0 Å². The van der Waals surface area contributed by atoms with Gasteiger partial charge in [-0.05, 0) is 71.5 Å². The van der Waals surface area contributed by atoms with Crippen LogP contribution in [0.5, 0.6) is 0 Å². The van der Waals surface area contributed by atoms with E-state index in [2.05, 4.69) is 61.3 Å². The van der Waals surface area contributed by atoms with E-state index >= 15 is 0 Å². The molecule has 0 spiro atoms. The standard InChI is InChI=1S/C19H32N2/c1-19(2,3)20-16-18-13-9-15-21(18)14-8-7-12-17-10-5-4-6-11-17/h4-6,10-11,18,20H,7-9,12-16H2,1-3H3. The molecule has 1 aliphatic heterocycles. The summed E-state index contributed by atoms with van der Waals surface area (Å²) in [4.78, 5) is 2.70. The fourth-order valence-corrected chi connectivity index (χ4v) is 3.13. The zero-order valence-electron chi connectivity index (χ0n) is 14.1. The minimum Gasteiger partial charge on any atom is -0.311 e. The van der Waals surface area contributed by atoms with Crippen LogP contribution in [-0.2, 0) is 6.42 Å². The van der Waals surface area contributed by atoms with E-state index in [1.165, 1.54) is 50.8 Å². The fraction of sp³-hybridized carbons (Fsp3) is 0.684. The van der Waals surface area contributed by atoms with Crippen LogP contribution < -0.4 is 5.32 Å². The summed E-state index contributed by atoms with van der Waals surface area (Å²) < 4.78 is 0. The number of nitrogens with zero attached hydrogens (tertiary/aromatic N) is 1. The Morgan fingerprint density at radius 1 is 1.14 bits per heavy atom.